The summed E-state index contributed by atoms with van der Waals surface area (Å²) in [7, 11) is -3.71. The van der Waals surface area contributed by atoms with E-state index in [1.165, 1.54) is 10.4 Å². The van der Waals surface area contributed by atoms with Gasteiger partial charge in [0.2, 0.25) is 15.9 Å². The van der Waals surface area contributed by atoms with Crippen LogP contribution in [0.2, 0.25) is 0 Å². The lowest BCUT2D eigenvalue weighted by molar-refractivity contribution is -0.121. The van der Waals surface area contributed by atoms with Gasteiger partial charge in [-0.3, -0.25) is 4.79 Å². The van der Waals surface area contributed by atoms with Crippen molar-refractivity contribution >= 4 is 15.9 Å². The Balaban J connectivity index is 2.98. The minimum Gasteiger partial charge on any atom is -0.494 e. The van der Waals surface area contributed by atoms with Gasteiger partial charge in [-0.1, -0.05) is 13.8 Å². The van der Waals surface area contributed by atoms with Crippen molar-refractivity contribution in [2.75, 3.05) is 26.2 Å². The second-order valence-electron chi connectivity index (χ2n) is 5.14. The first-order valence-corrected chi connectivity index (χ1v) is 9.31. The van der Waals surface area contributed by atoms with Crippen molar-refractivity contribution < 1.29 is 17.9 Å². The molecule has 6 nitrogen and oxygen atoms in total. The molecule has 0 bridgehead atoms. The highest BCUT2D eigenvalue weighted by Gasteiger charge is 2.25. The highest BCUT2D eigenvalue weighted by molar-refractivity contribution is 7.89. The lowest BCUT2D eigenvalue weighted by Gasteiger charge is -2.20. The normalized spacial score (nSPS) is 11.5. The van der Waals surface area contributed by atoms with Gasteiger partial charge >= 0.3 is 0 Å². The summed E-state index contributed by atoms with van der Waals surface area (Å²) in [6.45, 7) is 8.44. The molecule has 0 fully saturated rings. The number of rotatable bonds is 9. The van der Waals surface area contributed by atoms with E-state index in [0.29, 0.717) is 18.9 Å². The van der Waals surface area contributed by atoms with Gasteiger partial charge in [0.15, 0.2) is 0 Å². The van der Waals surface area contributed by atoms with Gasteiger partial charge in [0.1, 0.15) is 5.75 Å². The van der Waals surface area contributed by atoms with Crippen LogP contribution in [-0.4, -0.2) is 44.9 Å². The van der Waals surface area contributed by atoms with Crippen molar-refractivity contribution in [1.29, 1.82) is 0 Å². The van der Waals surface area contributed by atoms with E-state index in [0.717, 1.165) is 12.0 Å². The third kappa shape index (κ3) is 5.21. The maximum absolute atomic E-state index is 12.7. The molecule has 1 aromatic carbocycles. The molecule has 0 aliphatic rings. The summed E-state index contributed by atoms with van der Waals surface area (Å²) in [6.07, 6.45) is 0.808. The molecule has 1 rings (SSSR count). The van der Waals surface area contributed by atoms with Crippen molar-refractivity contribution in [2.45, 2.75) is 39.0 Å². The molecule has 0 atom stereocenters. The lowest BCUT2D eigenvalue weighted by Crippen LogP contribution is -2.40. The molecular formula is C16H26N2O4S. The predicted octanol–water partition coefficient (Wildman–Crippen LogP) is 1.93. The van der Waals surface area contributed by atoms with E-state index in [1.54, 1.807) is 26.0 Å². The van der Waals surface area contributed by atoms with Gasteiger partial charge in [0, 0.05) is 13.1 Å². The van der Waals surface area contributed by atoms with E-state index < -0.39 is 10.0 Å². The van der Waals surface area contributed by atoms with E-state index in [9.17, 15) is 13.2 Å². The number of nitrogens with one attached hydrogen (secondary N) is 1. The summed E-state index contributed by atoms with van der Waals surface area (Å²) < 4.78 is 32.0. The number of ether oxygens (including phenoxy) is 1. The topological polar surface area (TPSA) is 75.7 Å². The fraction of sp³-hybridized carbons (Fsp3) is 0.562. The number of likely N-dealkylation sites (N-methyl/N-ethyl adjacent to an activating group) is 1. The average molecular weight is 342 g/mol. The van der Waals surface area contributed by atoms with Crippen LogP contribution in [0.4, 0.5) is 0 Å². The summed E-state index contributed by atoms with van der Waals surface area (Å²) in [5.74, 6) is 0.370. The van der Waals surface area contributed by atoms with Crippen LogP contribution in [-0.2, 0) is 14.8 Å². The van der Waals surface area contributed by atoms with Crippen LogP contribution >= 0.6 is 0 Å². The van der Waals surface area contributed by atoms with Gasteiger partial charge in [0.05, 0.1) is 18.0 Å². The van der Waals surface area contributed by atoms with Gasteiger partial charge in [-0.05, 0) is 44.0 Å². The minimum absolute atomic E-state index is 0.170. The van der Waals surface area contributed by atoms with E-state index in [-0.39, 0.29) is 23.9 Å². The lowest BCUT2D eigenvalue weighted by atomic mass is 10.2. The van der Waals surface area contributed by atoms with Crippen molar-refractivity contribution in [3.8, 4) is 5.75 Å². The second kappa shape index (κ2) is 8.88. The van der Waals surface area contributed by atoms with Crippen LogP contribution in [0.1, 0.15) is 32.8 Å². The minimum atomic E-state index is -3.71. The maximum Gasteiger partial charge on any atom is 0.243 e. The molecule has 0 aliphatic heterocycles. The molecule has 0 unspecified atom stereocenters. The Bertz CT molecular complexity index is 629. The SMILES string of the molecule is CCCNC(=O)CN(CC)S(=O)(=O)c1ccc(OCC)c(C)c1. The van der Waals surface area contributed by atoms with Crippen LogP contribution < -0.4 is 10.1 Å². The number of amides is 1. The summed E-state index contributed by atoms with van der Waals surface area (Å²) in [5.41, 5.74) is 0.749. The summed E-state index contributed by atoms with van der Waals surface area (Å²) >= 11 is 0. The number of sulfonamides is 1. The smallest absolute Gasteiger partial charge is 0.243 e. The zero-order valence-electron chi connectivity index (χ0n) is 14.3. The molecule has 130 valence electrons. The van der Waals surface area contributed by atoms with Crippen LogP contribution in [0, 0.1) is 6.92 Å². The molecule has 0 aliphatic carbocycles. The Morgan fingerprint density at radius 2 is 1.96 bits per heavy atom. The fourth-order valence-corrected chi connectivity index (χ4v) is 3.59. The van der Waals surface area contributed by atoms with E-state index in [4.69, 9.17) is 4.74 Å². The van der Waals surface area contributed by atoms with Crippen molar-refractivity contribution in [1.82, 2.24) is 9.62 Å². The van der Waals surface area contributed by atoms with Crippen LogP contribution in [0.15, 0.2) is 23.1 Å². The number of hydrogen-bond acceptors (Lipinski definition) is 4. The monoisotopic (exact) mass is 342 g/mol. The van der Waals surface area contributed by atoms with Gasteiger partial charge in [-0.25, -0.2) is 8.42 Å². The zero-order chi connectivity index (χ0) is 17.5. The Morgan fingerprint density at radius 1 is 1.26 bits per heavy atom. The van der Waals surface area contributed by atoms with Crippen LogP contribution in [0.5, 0.6) is 5.75 Å². The largest absolute Gasteiger partial charge is 0.494 e. The van der Waals surface area contributed by atoms with Crippen molar-refractivity contribution in [3.63, 3.8) is 0 Å². The molecular weight excluding hydrogens is 316 g/mol. The number of nitrogens with zero attached hydrogens (tertiary/aromatic N) is 1. The molecule has 1 N–H and O–H groups in total. The molecule has 0 aromatic heterocycles. The fourth-order valence-electron chi connectivity index (χ4n) is 2.10. The van der Waals surface area contributed by atoms with Gasteiger partial charge in [-0.15, -0.1) is 0 Å². The van der Waals surface area contributed by atoms with Crippen LogP contribution in [0.25, 0.3) is 0 Å². The Morgan fingerprint density at radius 3 is 2.48 bits per heavy atom. The van der Waals surface area contributed by atoms with Gasteiger partial charge in [0.25, 0.3) is 0 Å². The standard InChI is InChI=1S/C16H26N2O4S/c1-5-10-17-16(19)12-18(6-2)23(20,21)14-8-9-15(22-7-3)13(4)11-14/h8-9,11H,5-7,10,12H2,1-4H3,(H,17,19). The maximum atomic E-state index is 12.7. The van der Waals surface area contributed by atoms with Crippen molar-refractivity contribution in [2.24, 2.45) is 0 Å². The summed E-state index contributed by atoms with van der Waals surface area (Å²) in [6, 6.07) is 4.74. The first-order valence-electron chi connectivity index (χ1n) is 7.87. The number of aryl methyl sites for hydroxylation is 1. The summed E-state index contributed by atoms with van der Waals surface area (Å²) in [5, 5.41) is 2.69. The average Bonchev–Trinajstić information content (AvgIpc) is 2.52. The number of carbonyl (C=O) groups excluding carboxylic acids is 1. The number of benzene rings is 1. The van der Waals surface area contributed by atoms with Gasteiger partial charge in [-0.2, -0.15) is 4.31 Å². The summed E-state index contributed by atoms with van der Waals surface area (Å²) in [4.78, 5) is 12.0. The molecule has 0 saturated heterocycles. The van der Waals surface area contributed by atoms with E-state index >= 15 is 0 Å². The first kappa shape index (κ1) is 19.4. The van der Waals surface area contributed by atoms with Gasteiger partial charge < -0.3 is 10.1 Å². The first-order chi connectivity index (χ1) is 10.9. The molecule has 1 aromatic rings. The predicted molar refractivity (Wildman–Crippen MR) is 90.1 cm³/mol. The van der Waals surface area contributed by atoms with Crippen LogP contribution in [0.3, 0.4) is 0 Å². The molecule has 0 spiro atoms. The highest BCUT2D eigenvalue weighted by atomic mass is 32.2. The van der Waals surface area contributed by atoms with Crippen molar-refractivity contribution in [3.05, 3.63) is 23.8 Å². The molecule has 23 heavy (non-hydrogen) atoms. The Labute approximate surface area is 138 Å². The molecule has 0 heterocycles. The molecule has 0 saturated carbocycles. The quantitative estimate of drug-likeness (QED) is 0.744. The molecule has 7 heteroatoms. The number of carbonyl (C=O) groups is 1. The highest BCUT2D eigenvalue weighted by Crippen LogP contribution is 2.24. The molecule has 1 amide bonds. The number of hydrogen-bond donors (Lipinski definition) is 1. The Kier molecular flexibility index (Phi) is 7.51. The Hall–Kier alpha value is -1.60. The molecule has 0 radical (unpaired) electrons. The van der Waals surface area contributed by atoms with E-state index in [2.05, 4.69) is 5.32 Å². The zero-order valence-corrected chi connectivity index (χ0v) is 15.1. The third-order valence-corrected chi connectivity index (χ3v) is 5.25. The second-order valence-corrected chi connectivity index (χ2v) is 7.08. The third-order valence-electron chi connectivity index (χ3n) is 3.33. The van der Waals surface area contributed by atoms with E-state index in [1.807, 2.05) is 13.8 Å².